The normalized spacial score (nSPS) is 11.8. The minimum atomic E-state index is 0.543. The summed E-state index contributed by atoms with van der Waals surface area (Å²) >= 11 is 0. The molecule has 1 N–H and O–H groups in total. The largest absolute Gasteiger partial charge is 0.310 e. The van der Waals surface area contributed by atoms with E-state index in [1.165, 1.54) is 17.7 Å². The Morgan fingerprint density at radius 2 is 1.58 bits per heavy atom. The molecule has 1 aromatic rings. The molecule has 0 aliphatic rings. The highest BCUT2D eigenvalue weighted by Gasteiger charge is 2.06. The smallest absolute Gasteiger partial charge is 0.0233 e. The molecule has 19 heavy (non-hydrogen) atoms. The standard InChI is InChI=1S/C17H30N2/c1-6-19(12-14(2)3)13-17-9-7-16(8-10-17)11-18-15(4)5/h7-10,14-15,18H,6,11-13H2,1-5H3. The van der Waals surface area contributed by atoms with Crippen molar-refractivity contribution in [2.45, 2.75) is 53.8 Å². The lowest BCUT2D eigenvalue weighted by molar-refractivity contribution is 0.248. The highest BCUT2D eigenvalue weighted by molar-refractivity contribution is 5.22. The zero-order valence-electron chi connectivity index (χ0n) is 13.2. The third kappa shape index (κ3) is 6.74. The Bertz CT molecular complexity index is 341. The number of benzene rings is 1. The van der Waals surface area contributed by atoms with Crippen molar-refractivity contribution in [2.24, 2.45) is 5.92 Å². The average Bonchev–Trinajstić information content (AvgIpc) is 2.36. The monoisotopic (exact) mass is 262 g/mol. The van der Waals surface area contributed by atoms with Crippen LogP contribution in [0.15, 0.2) is 24.3 Å². The molecule has 0 aliphatic carbocycles. The van der Waals surface area contributed by atoms with Crippen molar-refractivity contribution in [1.29, 1.82) is 0 Å². The molecule has 0 amide bonds. The number of rotatable bonds is 8. The van der Waals surface area contributed by atoms with Crippen molar-refractivity contribution >= 4 is 0 Å². The van der Waals surface area contributed by atoms with Gasteiger partial charge in [-0.2, -0.15) is 0 Å². The van der Waals surface area contributed by atoms with Crippen LogP contribution in [0.1, 0.15) is 45.7 Å². The maximum atomic E-state index is 3.45. The van der Waals surface area contributed by atoms with E-state index in [4.69, 9.17) is 0 Å². The Labute approximate surface area is 119 Å². The van der Waals surface area contributed by atoms with Crippen LogP contribution in [0.25, 0.3) is 0 Å². The molecule has 0 fully saturated rings. The van der Waals surface area contributed by atoms with Crippen LogP contribution < -0.4 is 5.32 Å². The Morgan fingerprint density at radius 3 is 2.05 bits per heavy atom. The highest BCUT2D eigenvalue weighted by Crippen LogP contribution is 2.09. The van der Waals surface area contributed by atoms with Crippen LogP contribution in [0.3, 0.4) is 0 Å². The lowest BCUT2D eigenvalue weighted by Crippen LogP contribution is -2.27. The van der Waals surface area contributed by atoms with Gasteiger partial charge in [0.15, 0.2) is 0 Å². The van der Waals surface area contributed by atoms with Gasteiger partial charge in [-0.1, -0.05) is 58.9 Å². The van der Waals surface area contributed by atoms with Crippen molar-refractivity contribution in [3.05, 3.63) is 35.4 Å². The minimum absolute atomic E-state index is 0.543. The van der Waals surface area contributed by atoms with Crippen LogP contribution in [0.5, 0.6) is 0 Å². The first-order chi connectivity index (χ1) is 9.01. The van der Waals surface area contributed by atoms with E-state index in [9.17, 15) is 0 Å². The zero-order chi connectivity index (χ0) is 14.3. The number of hydrogen-bond donors (Lipinski definition) is 1. The van der Waals surface area contributed by atoms with Crippen molar-refractivity contribution in [3.8, 4) is 0 Å². The first-order valence-corrected chi connectivity index (χ1v) is 7.54. The van der Waals surface area contributed by atoms with Gasteiger partial charge >= 0.3 is 0 Å². The van der Waals surface area contributed by atoms with Gasteiger partial charge in [0.1, 0.15) is 0 Å². The third-order valence-electron chi connectivity index (χ3n) is 3.21. The molecule has 2 heteroatoms. The Hall–Kier alpha value is -0.860. The van der Waals surface area contributed by atoms with Crippen LogP contribution in [-0.4, -0.2) is 24.0 Å². The molecule has 1 rings (SSSR count). The third-order valence-corrected chi connectivity index (χ3v) is 3.21. The van der Waals surface area contributed by atoms with Crippen molar-refractivity contribution in [1.82, 2.24) is 10.2 Å². The van der Waals surface area contributed by atoms with Gasteiger partial charge < -0.3 is 5.32 Å². The van der Waals surface area contributed by atoms with Crippen molar-refractivity contribution in [3.63, 3.8) is 0 Å². The topological polar surface area (TPSA) is 15.3 Å². The van der Waals surface area contributed by atoms with E-state index < -0.39 is 0 Å². The van der Waals surface area contributed by atoms with Gasteiger partial charge in [0.2, 0.25) is 0 Å². The van der Waals surface area contributed by atoms with E-state index in [0.29, 0.717) is 6.04 Å². The quantitative estimate of drug-likeness (QED) is 0.769. The summed E-state index contributed by atoms with van der Waals surface area (Å²) in [5.41, 5.74) is 2.78. The summed E-state index contributed by atoms with van der Waals surface area (Å²) in [6, 6.07) is 9.56. The van der Waals surface area contributed by atoms with Gasteiger partial charge in [-0.25, -0.2) is 0 Å². The second-order valence-electron chi connectivity index (χ2n) is 6.07. The molecule has 0 spiro atoms. The molecule has 0 bridgehead atoms. The first-order valence-electron chi connectivity index (χ1n) is 7.54. The lowest BCUT2D eigenvalue weighted by Gasteiger charge is -2.22. The van der Waals surface area contributed by atoms with E-state index in [-0.39, 0.29) is 0 Å². The summed E-state index contributed by atoms with van der Waals surface area (Å²) in [6.07, 6.45) is 0. The molecule has 108 valence electrons. The molecule has 0 saturated heterocycles. The molecule has 0 heterocycles. The maximum absolute atomic E-state index is 3.45. The van der Waals surface area contributed by atoms with Gasteiger partial charge in [-0.3, -0.25) is 4.90 Å². The summed E-state index contributed by atoms with van der Waals surface area (Å²) in [6.45, 7) is 15.5. The zero-order valence-corrected chi connectivity index (χ0v) is 13.2. The second kappa shape index (κ2) is 8.34. The number of hydrogen-bond acceptors (Lipinski definition) is 2. The first kappa shape index (κ1) is 16.2. The van der Waals surface area contributed by atoms with Crippen LogP contribution in [0, 0.1) is 5.92 Å². The van der Waals surface area contributed by atoms with E-state index >= 15 is 0 Å². The van der Waals surface area contributed by atoms with Crippen molar-refractivity contribution < 1.29 is 0 Å². The molecule has 0 aromatic heterocycles. The molecule has 1 aromatic carbocycles. The summed E-state index contributed by atoms with van der Waals surface area (Å²) in [4.78, 5) is 2.51. The van der Waals surface area contributed by atoms with E-state index in [1.807, 2.05) is 0 Å². The molecular formula is C17H30N2. The van der Waals surface area contributed by atoms with E-state index in [2.05, 4.69) is 69.1 Å². The van der Waals surface area contributed by atoms with Gasteiger partial charge in [0.25, 0.3) is 0 Å². The number of nitrogens with one attached hydrogen (secondary N) is 1. The molecule has 0 unspecified atom stereocenters. The fourth-order valence-corrected chi connectivity index (χ4v) is 2.16. The van der Waals surface area contributed by atoms with Gasteiger partial charge in [0.05, 0.1) is 0 Å². The van der Waals surface area contributed by atoms with Gasteiger partial charge in [-0.05, 0) is 23.6 Å². The van der Waals surface area contributed by atoms with Crippen LogP contribution >= 0.6 is 0 Å². The molecule has 0 atom stereocenters. The fourth-order valence-electron chi connectivity index (χ4n) is 2.16. The second-order valence-corrected chi connectivity index (χ2v) is 6.07. The summed E-state index contributed by atoms with van der Waals surface area (Å²) < 4.78 is 0. The molecule has 0 aliphatic heterocycles. The fraction of sp³-hybridized carbons (Fsp3) is 0.647. The molecular weight excluding hydrogens is 232 g/mol. The molecule has 2 nitrogen and oxygen atoms in total. The molecule has 0 saturated carbocycles. The van der Waals surface area contributed by atoms with Crippen LogP contribution in [-0.2, 0) is 13.1 Å². The Morgan fingerprint density at radius 1 is 1.00 bits per heavy atom. The Balaban J connectivity index is 2.50. The van der Waals surface area contributed by atoms with Crippen molar-refractivity contribution in [2.75, 3.05) is 13.1 Å². The van der Waals surface area contributed by atoms with E-state index in [1.54, 1.807) is 0 Å². The lowest BCUT2D eigenvalue weighted by atomic mass is 10.1. The summed E-state index contributed by atoms with van der Waals surface area (Å²) in [7, 11) is 0. The summed E-state index contributed by atoms with van der Waals surface area (Å²) in [5.74, 6) is 0.731. The van der Waals surface area contributed by atoms with E-state index in [0.717, 1.165) is 25.6 Å². The highest BCUT2D eigenvalue weighted by atomic mass is 15.1. The SMILES string of the molecule is CCN(Cc1ccc(CNC(C)C)cc1)CC(C)C. The summed E-state index contributed by atoms with van der Waals surface area (Å²) in [5, 5.41) is 3.45. The maximum Gasteiger partial charge on any atom is 0.0233 e. The minimum Gasteiger partial charge on any atom is -0.310 e. The predicted octanol–water partition coefficient (Wildman–Crippen LogP) is 3.66. The van der Waals surface area contributed by atoms with Crippen LogP contribution in [0.4, 0.5) is 0 Å². The Kier molecular flexibility index (Phi) is 7.11. The predicted molar refractivity (Wildman–Crippen MR) is 84.2 cm³/mol. The van der Waals surface area contributed by atoms with Crippen LogP contribution in [0.2, 0.25) is 0 Å². The van der Waals surface area contributed by atoms with Gasteiger partial charge in [0, 0.05) is 25.7 Å². The molecule has 0 radical (unpaired) electrons. The van der Waals surface area contributed by atoms with Gasteiger partial charge in [-0.15, -0.1) is 0 Å². The number of nitrogens with zero attached hydrogens (tertiary/aromatic N) is 1. The average molecular weight is 262 g/mol.